The number of nitrogens with zero attached hydrogens (tertiary/aromatic N) is 1. The first-order valence-electron chi connectivity index (χ1n) is 5.67. The van der Waals surface area contributed by atoms with Gasteiger partial charge in [0.1, 0.15) is 6.54 Å². The highest BCUT2D eigenvalue weighted by Crippen LogP contribution is 2.25. The molecule has 8 heteroatoms. The maximum atomic E-state index is 12.0. The lowest BCUT2D eigenvalue weighted by atomic mass is 10.1. The summed E-state index contributed by atoms with van der Waals surface area (Å²) in [6.45, 7) is 0.332. The zero-order chi connectivity index (χ0) is 14.0. The predicted molar refractivity (Wildman–Crippen MR) is 78.8 cm³/mol. The largest absolute Gasteiger partial charge is 0.353 e. The number of hydrogen-bond donors (Lipinski definition) is 2. The molecule has 1 aliphatic rings. The van der Waals surface area contributed by atoms with E-state index in [1.54, 1.807) is 18.2 Å². The number of rotatable bonds is 4. The Kier molecular flexibility index (Phi) is 5.67. The number of amides is 3. The highest BCUT2D eigenvalue weighted by Gasteiger charge is 2.36. The van der Waals surface area contributed by atoms with Gasteiger partial charge in [-0.2, -0.15) is 0 Å². The lowest BCUT2D eigenvalue weighted by molar-refractivity contribution is -0.121. The van der Waals surface area contributed by atoms with Gasteiger partial charge in [0.05, 0.1) is 11.1 Å². The van der Waals surface area contributed by atoms with Crippen LogP contribution in [0.5, 0.6) is 0 Å². The monoisotopic (exact) mass is 361 g/mol. The summed E-state index contributed by atoms with van der Waals surface area (Å²) in [4.78, 5) is 36.5. The average molecular weight is 363 g/mol. The van der Waals surface area contributed by atoms with Crippen LogP contribution in [0.4, 0.5) is 0 Å². The smallest absolute Gasteiger partial charge is 0.262 e. The van der Waals surface area contributed by atoms with Crippen LogP contribution >= 0.6 is 28.3 Å². The van der Waals surface area contributed by atoms with Gasteiger partial charge in [-0.25, -0.2) is 0 Å². The van der Waals surface area contributed by atoms with Crippen molar-refractivity contribution >= 4 is 46.1 Å². The minimum Gasteiger partial charge on any atom is -0.353 e. The summed E-state index contributed by atoms with van der Waals surface area (Å²) >= 11 is 3.24. The fraction of sp³-hybridized carbons (Fsp3) is 0.250. The Morgan fingerprint density at radius 3 is 2.55 bits per heavy atom. The van der Waals surface area contributed by atoms with Gasteiger partial charge in [0.2, 0.25) is 5.91 Å². The van der Waals surface area contributed by atoms with Crippen LogP contribution in [0.3, 0.4) is 0 Å². The Morgan fingerprint density at radius 1 is 1.25 bits per heavy atom. The van der Waals surface area contributed by atoms with Gasteiger partial charge in [-0.3, -0.25) is 19.3 Å². The Morgan fingerprint density at radius 2 is 1.90 bits per heavy atom. The maximum Gasteiger partial charge on any atom is 0.262 e. The van der Waals surface area contributed by atoms with Crippen molar-refractivity contribution in [2.45, 2.75) is 0 Å². The second-order valence-electron chi connectivity index (χ2n) is 4.02. The summed E-state index contributed by atoms with van der Waals surface area (Å²) in [7, 11) is 0. The van der Waals surface area contributed by atoms with Crippen LogP contribution < -0.4 is 11.1 Å². The molecule has 0 radical (unpaired) electrons. The van der Waals surface area contributed by atoms with Gasteiger partial charge in [-0.15, -0.1) is 12.4 Å². The van der Waals surface area contributed by atoms with Gasteiger partial charge in [0.25, 0.3) is 11.8 Å². The van der Waals surface area contributed by atoms with Crippen molar-refractivity contribution in [2.75, 3.05) is 19.6 Å². The molecule has 1 aromatic carbocycles. The Labute approximate surface area is 130 Å². The van der Waals surface area contributed by atoms with E-state index in [1.807, 2.05) is 0 Å². The van der Waals surface area contributed by atoms with Crippen LogP contribution in [0.15, 0.2) is 22.7 Å². The predicted octanol–water partition coefficient (Wildman–Crippen LogP) is 0.542. The Hall–Kier alpha value is -1.44. The summed E-state index contributed by atoms with van der Waals surface area (Å²) in [5.74, 6) is -1.31. The van der Waals surface area contributed by atoms with Gasteiger partial charge in [-0.05, 0) is 18.2 Å². The minimum absolute atomic E-state index is 0. The van der Waals surface area contributed by atoms with Crippen molar-refractivity contribution in [3.8, 4) is 0 Å². The van der Waals surface area contributed by atoms with E-state index in [2.05, 4.69) is 21.2 Å². The quantitative estimate of drug-likeness (QED) is 0.765. The van der Waals surface area contributed by atoms with Crippen LogP contribution in [0, 0.1) is 0 Å². The number of imide groups is 1. The normalized spacial score (nSPS) is 13.0. The van der Waals surface area contributed by atoms with Crippen LogP contribution in [-0.2, 0) is 4.79 Å². The number of benzene rings is 1. The van der Waals surface area contributed by atoms with E-state index in [-0.39, 0.29) is 19.0 Å². The number of carbonyl (C=O) groups excluding carboxylic acids is 3. The lowest BCUT2D eigenvalue weighted by Gasteiger charge is -2.13. The van der Waals surface area contributed by atoms with E-state index in [0.717, 1.165) is 4.90 Å². The molecule has 3 N–H and O–H groups in total. The number of halogens is 2. The highest BCUT2D eigenvalue weighted by atomic mass is 79.9. The summed E-state index contributed by atoms with van der Waals surface area (Å²) in [6.07, 6.45) is 0. The van der Waals surface area contributed by atoms with Crippen LogP contribution in [-0.4, -0.2) is 42.3 Å². The standard InChI is InChI=1S/C12H12BrN3O3.ClH/c13-7-1-2-8-9(5-7)12(19)16(11(8)18)6-10(17)15-4-3-14;/h1-2,5H,3-4,6,14H2,(H,15,17);1H. The third kappa shape index (κ3) is 3.17. The number of nitrogens with one attached hydrogen (secondary N) is 1. The number of hydrogen-bond acceptors (Lipinski definition) is 4. The molecule has 0 spiro atoms. The molecule has 1 aromatic rings. The molecular weight excluding hydrogens is 350 g/mol. The van der Waals surface area contributed by atoms with Crippen molar-refractivity contribution in [1.29, 1.82) is 0 Å². The van der Waals surface area contributed by atoms with Crippen LogP contribution in [0.2, 0.25) is 0 Å². The van der Waals surface area contributed by atoms with Gasteiger partial charge in [0, 0.05) is 17.6 Å². The molecule has 1 heterocycles. The first-order valence-corrected chi connectivity index (χ1v) is 6.46. The molecule has 3 amide bonds. The molecule has 2 rings (SSSR count). The lowest BCUT2D eigenvalue weighted by Crippen LogP contribution is -2.41. The third-order valence-corrected chi connectivity index (χ3v) is 3.19. The maximum absolute atomic E-state index is 12.0. The molecule has 0 bridgehead atoms. The van der Waals surface area contributed by atoms with Crippen molar-refractivity contribution in [2.24, 2.45) is 5.73 Å². The Balaban J connectivity index is 0.00000200. The summed E-state index contributed by atoms with van der Waals surface area (Å²) < 4.78 is 0.710. The van der Waals surface area contributed by atoms with E-state index >= 15 is 0 Å². The van der Waals surface area contributed by atoms with E-state index < -0.39 is 17.7 Å². The molecule has 20 heavy (non-hydrogen) atoms. The molecule has 0 fully saturated rings. The molecule has 0 aliphatic carbocycles. The zero-order valence-corrected chi connectivity index (χ0v) is 12.8. The molecule has 108 valence electrons. The topological polar surface area (TPSA) is 92.5 Å². The molecule has 0 saturated heterocycles. The van der Waals surface area contributed by atoms with Crippen molar-refractivity contribution in [1.82, 2.24) is 10.2 Å². The SMILES string of the molecule is Cl.NCCNC(=O)CN1C(=O)c2ccc(Br)cc2C1=O. The number of fused-ring (bicyclic) bond motifs is 1. The Bertz CT molecular complexity index is 565. The van der Waals surface area contributed by atoms with Crippen molar-refractivity contribution < 1.29 is 14.4 Å². The van der Waals surface area contributed by atoms with Crippen molar-refractivity contribution in [3.63, 3.8) is 0 Å². The van der Waals surface area contributed by atoms with Gasteiger partial charge < -0.3 is 11.1 Å². The zero-order valence-electron chi connectivity index (χ0n) is 10.4. The fourth-order valence-corrected chi connectivity index (χ4v) is 2.18. The van der Waals surface area contributed by atoms with E-state index in [9.17, 15) is 14.4 Å². The van der Waals surface area contributed by atoms with E-state index in [1.165, 1.54) is 0 Å². The summed E-state index contributed by atoms with van der Waals surface area (Å²) in [5, 5.41) is 2.52. The minimum atomic E-state index is -0.454. The fourth-order valence-electron chi connectivity index (χ4n) is 1.82. The van der Waals surface area contributed by atoms with Gasteiger partial charge in [-0.1, -0.05) is 15.9 Å². The van der Waals surface area contributed by atoms with E-state index in [0.29, 0.717) is 28.7 Å². The first kappa shape index (κ1) is 16.6. The number of carbonyl (C=O) groups is 3. The third-order valence-electron chi connectivity index (χ3n) is 2.70. The average Bonchev–Trinajstić information content (AvgIpc) is 2.61. The molecule has 6 nitrogen and oxygen atoms in total. The molecule has 0 unspecified atom stereocenters. The van der Waals surface area contributed by atoms with Gasteiger partial charge >= 0.3 is 0 Å². The summed E-state index contributed by atoms with van der Waals surface area (Å²) in [5.41, 5.74) is 5.89. The second-order valence-corrected chi connectivity index (χ2v) is 4.94. The molecule has 0 aromatic heterocycles. The number of nitrogens with two attached hydrogens (primary N) is 1. The molecule has 0 atom stereocenters. The van der Waals surface area contributed by atoms with Crippen molar-refractivity contribution in [3.05, 3.63) is 33.8 Å². The van der Waals surface area contributed by atoms with Crippen LogP contribution in [0.25, 0.3) is 0 Å². The molecule has 0 saturated carbocycles. The van der Waals surface area contributed by atoms with Gasteiger partial charge in [0.15, 0.2) is 0 Å². The highest BCUT2D eigenvalue weighted by molar-refractivity contribution is 9.10. The van der Waals surface area contributed by atoms with Crippen LogP contribution in [0.1, 0.15) is 20.7 Å². The second kappa shape index (κ2) is 6.83. The van der Waals surface area contributed by atoms with E-state index in [4.69, 9.17) is 5.73 Å². The first-order chi connectivity index (χ1) is 9.04. The molecular formula is C12H13BrClN3O3. The molecule has 1 aliphatic heterocycles. The summed E-state index contributed by atoms with van der Waals surface area (Å²) in [6, 6.07) is 4.83.